The Kier molecular flexibility index (Phi) is 3.45. The van der Waals surface area contributed by atoms with Crippen molar-refractivity contribution in [3.05, 3.63) is 35.2 Å². The van der Waals surface area contributed by atoms with Gasteiger partial charge in [-0.3, -0.25) is 9.78 Å². The summed E-state index contributed by atoms with van der Waals surface area (Å²) in [5.74, 6) is -0.0624. The van der Waals surface area contributed by atoms with Crippen LogP contribution in [0.3, 0.4) is 0 Å². The number of aromatic nitrogens is 1. The fourth-order valence-electron chi connectivity index (χ4n) is 4.61. The van der Waals surface area contributed by atoms with Gasteiger partial charge in [0.25, 0.3) is 0 Å². The van der Waals surface area contributed by atoms with E-state index in [2.05, 4.69) is 16.0 Å². The van der Waals surface area contributed by atoms with Crippen molar-refractivity contribution in [1.29, 1.82) is 5.26 Å². The Morgan fingerprint density at radius 2 is 2.04 bits per heavy atom. The number of hydrogen-bond donors (Lipinski definition) is 0. The Hall–Kier alpha value is -2.15. The van der Waals surface area contributed by atoms with Crippen LogP contribution in [0.1, 0.15) is 49.7 Å². The number of likely N-dealkylation sites (tertiary alicyclic amines) is 1. The average Bonchev–Trinajstić information content (AvgIpc) is 2.97. The standard InChI is InChI=1S/C19H21N3O/c20-11-16-17(23)10-14-12-21-8-4-15(14)18(16)22-9-7-19(13-22)5-2-1-3-6-19/h4,8,12H,1-3,5-7,9-10,13H2. The van der Waals surface area contributed by atoms with Crippen LogP contribution in [0.4, 0.5) is 0 Å². The third-order valence-electron chi connectivity index (χ3n) is 5.81. The summed E-state index contributed by atoms with van der Waals surface area (Å²) in [5, 5.41) is 9.55. The first kappa shape index (κ1) is 14.4. The van der Waals surface area contributed by atoms with Crippen molar-refractivity contribution >= 4 is 11.5 Å². The van der Waals surface area contributed by atoms with Crippen molar-refractivity contribution in [2.45, 2.75) is 44.9 Å². The Morgan fingerprint density at radius 3 is 2.83 bits per heavy atom. The molecule has 2 aliphatic carbocycles. The molecule has 4 heteroatoms. The topological polar surface area (TPSA) is 57.0 Å². The molecule has 1 saturated carbocycles. The van der Waals surface area contributed by atoms with Gasteiger partial charge in [0.05, 0.1) is 5.70 Å². The lowest BCUT2D eigenvalue weighted by molar-refractivity contribution is -0.114. The number of allylic oxidation sites excluding steroid dienone is 1. The van der Waals surface area contributed by atoms with E-state index in [1.807, 2.05) is 6.07 Å². The second-order valence-corrected chi connectivity index (χ2v) is 7.20. The van der Waals surface area contributed by atoms with Crippen LogP contribution in [0.15, 0.2) is 24.0 Å². The molecule has 0 N–H and O–H groups in total. The maximum absolute atomic E-state index is 12.4. The van der Waals surface area contributed by atoms with E-state index in [0.717, 1.165) is 29.9 Å². The molecule has 1 aliphatic heterocycles. The molecule has 0 atom stereocenters. The Bertz CT molecular complexity index is 722. The van der Waals surface area contributed by atoms with E-state index in [4.69, 9.17) is 0 Å². The molecule has 0 amide bonds. The monoisotopic (exact) mass is 307 g/mol. The van der Waals surface area contributed by atoms with Crippen LogP contribution in [-0.2, 0) is 11.2 Å². The van der Waals surface area contributed by atoms with E-state index in [-0.39, 0.29) is 5.78 Å². The van der Waals surface area contributed by atoms with E-state index in [1.165, 1.54) is 38.5 Å². The Balaban J connectivity index is 1.74. The van der Waals surface area contributed by atoms with Gasteiger partial charge in [-0.25, -0.2) is 0 Å². The molecule has 3 aliphatic rings. The summed E-state index contributed by atoms with van der Waals surface area (Å²) in [6, 6.07) is 4.14. The largest absolute Gasteiger partial charge is 0.369 e. The van der Waals surface area contributed by atoms with Crippen molar-refractivity contribution in [1.82, 2.24) is 9.88 Å². The van der Waals surface area contributed by atoms with E-state index in [0.29, 0.717) is 17.4 Å². The fourth-order valence-corrected chi connectivity index (χ4v) is 4.61. The van der Waals surface area contributed by atoms with Crippen molar-refractivity contribution < 1.29 is 4.79 Å². The van der Waals surface area contributed by atoms with Crippen LogP contribution in [0.5, 0.6) is 0 Å². The maximum Gasteiger partial charge on any atom is 0.179 e. The summed E-state index contributed by atoms with van der Waals surface area (Å²) >= 11 is 0. The number of carbonyl (C=O) groups is 1. The van der Waals surface area contributed by atoms with Crippen LogP contribution in [0, 0.1) is 16.7 Å². The zero-order chi connectivity index (χ0) is 15.9. The molecule has 1 spiro atoms. The van der Waals surface area contributed by atoms with Crippen LogP contribution in [0.2, 0.25) is 0 Å². The van der Waals surface area contributed by atoms with E-state index in [9.17, 15) is 10.1 Å². The molecule has 2 fully saturated rings. The molecule has 4 rings (SSSR count). The van der Waals surface area contributed by atoms with Gasteiger partial charge < -0.3 is 4.90 Å². The third-order valence-corrected chi connectivity index (χ3v) is 5.81. The summed E-state index contributed by atoms with van der Waals surface area (Å²) in [4.78, 5) is 18.8. The highest BCUT2D eigenvalue weighted by molar-refractivity contribution is 6.09. The first-order valence-electron chi connectivity index (χ1n) is 8.58. The zero-order valence-electron chi connectivity index (χ0n) is 13.3. The van der Waals surface area contributed by atoms with Crippen LogP contribution < -0.4 is 0 Å². The lowest BCUT2D eigenvalue weighted by Gasteiger charge is -2.35. The molecule has 1 aromatic rings. The van der Waals surface area contributed by atoms with Crippen molar-refractivity contribution in [2.75, 3.05) is 13.1 Å². The molecule has 0 unspecified atom stereocenters. The van der Waals surface area contributed by atoms with Gasteiger partial charge in [0, 0.05) is 37.5 Å². The maximum atomic E-state index is 12.4. The summed E-state index contributed by atoms with van der Waals surface area (Å²) in [7, 11) is 0. The minimum Gasteiger partial charge on any atom is -0.369 e. The number of hydrogen-bond acceptors (Lipinski definition) is 4. The summed E-state index contributed by atoms with van der Waals surface area (Å²) in [6.07, 6.45) is 11.6. The number of Topliss-reactive ketones (excluding diaryl/α,β-unsaturated/α-hetero) is 1. The van der Waals surface area contributed by atoms with E-state index < -0.39 is 0 Å². The van der Waals surface area contributed by atoms with E-state index >= 15 is 0 Å². The second kappa shape index (κ2) is 5.49. The van der Waals surface area contributed by atoms with Crippen LogP contribution >= 0.6 is 0 Å². The van der Waals surface area contributed by atoms with Crippen molar-refractivity contribution in [2.24, 2.45) is 5.41 Å². The number of nitrogens with zero attached hydrogens (tertiary/aromatic N) is 3. The van der Waals surface area contributed by atoms with Gasteiger partial charge in [0.15, 0.2) is 5.78 Å². The first-order valence-corrected chi connectivity index (χ1v) is 8.58. The predicted molar refractivity (Wildman–Crippen MR) is 87.2 cm³/mol. The lowest BCUT2D eigenvalue weighted by Crippen LogP contribution is -2.31. The van der Waals surface area contributed by atoms with Crippen LogP contribution in [-0.4, -0.2) is 28.8 Å². The normalized spacial score (nSPS) is 23.1. The molecule has 118 valence electrons. The molecule has 23 heavy (non-hydrogen) atoms. The van der Waals surface area contributed by atoms with Gasteiger partial charge in [-0.15, -0.1) is 0 Å². The smallest absolute Gasteiger partial charge is 0.179 e. The highest BCUT2D eigenvalue weighted by Crippen LogP contribution is 2.46. The van der Waals surface area contributed by atoms with Gasteiger partial charge >= 0.3 is 0 Å². The minimum atomic E-state index is -0.0624. The molecular formula is C19H21N3O. The van der Waals surface area contributed by atoms with E-state index in [1.54, 1.807) is 12.4 Å². The SMILES string of the molecule is N#CC1=C(N2CCC3(CCCCC3)C2)c2ccncc2CC1=O. The predicted octanol–water partition coefficient (Wildman–Crippen LogP) is 3.10. The molecule has 1 aromatic heterocycles. The summed E-state index contributed by atoms with van der Waals surface area (Å²) < 4.78 is 0. The van der Waals surface area contributed by atoms with Gasteiger partial charge in [0.2, 0.25) is 0 Å². The van der Waals surface area contributed by atoms with Gasteiger partial charge in [-0.1, -0.05) is 19.3 Å². The Labute approximate surface area is 136 Å². The molecule has 1 saturated heterocycles. The number of rotatable bonds is 1. The number of carbonyl (C=O) groups excluding carboxylic acids is 1. The molecule has 0 bridgehead atoms. The second-order valence-electron chi connectivity index (χ2n) is 7.20. The van der Waals surface area contributed by atoms with Crippen molar-refractivity contribution in [3.8, 4) is 6.07 Å². The number of fused-ring (bicyclic) bond motifs is 1. The Morgan fingerprint density at radius 1 is 1.22 bits per heavy atom. The molecule has 4 nitrogen and oxygen atoms in total. The molecular weight excluding hydrogens is 286 g/mol. The molecule has 0 aromatic carbocycles. The summed E-state index contributed by atoms with van der Waals surface area (Å²) in [5.41, 5.74) is 3.60. The van der Waals surface area contributed by atoms with Gasteiger partial charge in [-0.05, 0) is 36.3 Å². The highest BCUT2D eigenvalue weighted by atomic mass is 16.1. The van der Waals surface area contributed by atoms with Crippen LogP contribution in [0.25, 0.3) is 5.70 Å². The molecule has 0 radical (unpaired) electrons. The summed E-state index contributed by atoms with van der Waals surface area (Å²) in [6.45, 7) is 1.94. The number of ketones is 1. The number of pyridine rings is 1. The minimum absolute atomic E-state index is 0.0624. The van der Waals surface area contributed by atoms with Crippen molar-refractivity contribution in [3.63, 3.8) is 0 Å². The molecule has 2 heterocycles. The zero-order valence-corrected chi connectivity index (χ0v) is 13.3. The van der Waals surface area contributed by atoms with Gasteiger partial charge in [0.1, 0.15) is 11.6 Å². The third kappa shape index (κ3) is 2.35. The first-order chi connectivity index (χ1) is 11.2. The fraction of sp³-hybridized carbons (Fsp3) is 0.526. The highest BCUT2D eigenvalue weighted by Gasteiger charge is 2.41. The quantitative estimate of drug-likeness (QED) is 0.800. The average molecular weight is 307 g/mol. The number of nitriles is 1. The van der Waals surface area contributed by atoms with Gasteiger partial charge in [-0.2, -0.15) is 5.26 Å². The lowest BCUT2D eigenvalue weighted by atomic mass is 9.73.